The first kappa shape index (κ1) is 28.7. The van der Waals surface area contributed by atoms with Crippen LogP contribution in [0.4, 0.5) is 13.6 Å². The summed E-state index contributed by atoms with van der Waals surface area (Å²) < 4.78 is 32.6. The van der Waals surface area contributed by atoms with Crippen LogP contribution in [0.3, 0.4) is 0 Å². The molecule has 198 valence electrons. The molecule has 0 aromatic rings. The summed E-state index contributed by atoms with van der Waals surface area (Å²) in [5.74, 6) is -11.1. The Hall–Kier alpha value is -3.50. The van der Waals surface area contributed by atoms with Crippen molar-refractivity contribution in [2.24, 2.45) is 17.6 Å². The number of halogens is 2. The van der Waals surface area contributed by atoms with Crippen LogP contribution in [0, 0.1) is 11.8 Å². The predicted octanol–water partition coefficient (Wildman–Crippen LogP) is 3.29. The maximum Gasteiger partial charge on any atom is 0.410 e. The summed E-state index contributed by atoms with van der Waals surface area (Å²) in [5.41, 5.74) is 6.60. The molecule has 2 saturated carbocycles. The number of hydrogen-bond donors (Lipinski definition) is 3. The molecule has 0 aliphatic heterocycles. The van der Waals surface area contributed by atoms with Crippen LogP contribution in [0.2, 0.25) is 0 Å². The molecule has 2 atom stereocenters. The molecule has 36 heavy (non-hydrogen) atoms. The van der Waals surface area contributed by atoms with Gasteiger partial charge in [-0.15, -0.1) is 0 Å². The van der Waals surface area contributed by atoms with Crippen molar-refractivity contribution in [2.75, 3.05) is 13.7 Å². The van der Waals surface area contributed by atoms with Crippen molar-refractivity contribution in [1.82, 2.24) is 10.2 Å². The Kier molecular flexibility index (Phi) is 9.17. The number of nitrogens with two attached hydrogens (primary N) is 1. The molecule has 2 rings (SSSR count). The average Bonchev–Trinajstić information content (AvgIpc) is 3.12. The van der Waals surface area contributed by atoms with Crippen LogP contribution in [0.25, 0.3) is 0 Å². The highest BCUT2D eigenvalue weighted by Crippen LogP contribution is 2.55. The molecule has 2 amide bonds. The Morgan fingerprint density at radius 3 is 2.19 bits per heavy atom. The fraction of sp³-hybridized carbons (Fsp3) is 0.520. The molecule has 0 aromatic heterocycles. The van der Waals surface area contributed by atoms with Crippen molar-refractivity contribution < 1.29 is 37.8 Å². The highest BCUT2D eigenvalue weighted by Gasteiger charge is 2.76. The van der Waals surface area contributed by atoms with Crippen molar-refractivity contribution in [3.8, 4) is 0 Å². The molecule has 0 radical (unpaired) electrons. The van der Waals surface area contributed by atoms with Crippen molar-refractivity contribution in [1.29, 1.82) is 0 Å². The summed E-state index contributed by atoms with van der Waals surface area (Å²) >= 11 is 0. The number of hydrogen-bond acceptors (Lipinski definition) is 6. The van der Waals surface area contributed by atoms with Crippen molar-refractivity contribution >= 4 is 23.8 Å². The molecule has 0 spiro atoms. The van der Waals surface area contributed by atoms with E-state index in [-0.39, 0.29) is 35.2 Å². The van der Waals surface area contributed by atoms with E-state index in [1.54, 1.807) is 7.05 Å². The molecule has 2 aliphatic carbocycles. The van der Waals surface area contributed by atoms with E-state index in [1.807, 2.05) is 0 Å². The monoisotopic (exact) mass is 509 g/mol. The van der Waals surface area contributed by atoms with E-state index in [4.69, 9.17) is 15.6 Å². The van der Waals surface area contributed by atoms with Gasteiger partial charge >= 0.3 is 12.1 Å². The number of amides is 2. The van der Waals surface area contributed by atoms with Crippen molar-refractivity contribution in [3.05, 3.63) is 46.8 Å². The van der Waals surface area contributed by atoms with Gasteiger partial charge in [0.2, 0.25) is 5.91 Å². The molecular formula is C25H33F2N3O6. The second kappa shape index (κ2) is 11.5. The van der Waals surface area contributed by atoms with Gasteiger partial charge in [-0.1, -0.05) is 25.5 Å². The van der Waals surface area contributed by atoms with Gasteiger partial charge in [0.05, 0.1) is 5.57 Å². The molecule has 2 aliphatic rings. The number of ether oxygens (including phenoxy) is 1. The fourth-order valence-electron chi connectivity index (χ4n) is 4.02. The summed E-state index contributed by atoms with van der Waals surface area (Å²) in [6, 6.07) is 0.100. The number of ketones is 1. The molecule has 4 N–H and O–H groups in total. The first-order valence-corrected chi connectivity index (χ1v) is 11.6. The summed E-state index contributed by atoms with van der Waals surface area (Å²) in [6.45, 7) is 7.82. The number of nitrogens with zero attached hydrogens (tertiary/aromatic N) is 1. The average molecular weight is 510 g/mol. The second-order valence-electron chi connectivity index (χ2n) is 9.26. The van der Waals surface area contributed by atoms with Crippen LogP contribution in [-0.2, 0) is 19.1 Å². The quantitative estimate of drug-likeness (QED) is 0.303. The number of nitrogens with one attached hydrogen (secondary N) is 1. The third kappa shape index (κ3) is 6.58. The Bertz CT molecular complexity index is 1040. The first-order chi connectivity index (χ1) is 16.7. The van der Waals surface area contributed by atoms with Gasteiger partial charge < -0.3 is 25.8 Å². The van der Waals surface area contributed by atoms with Crippen LogP contribution >= 0.6 is 0 Å². The van der Waals surface area contributed by atoms with Gasteiger partial charge in [-0.05, 0) is 50.8 Å². The largest absolute Gasteiger partial charge is 0.481 e. The van der Waals surface area contributed by atoms with E-state index >= 15 is 0 Å². The lowest BCUT2D eigenvalue weighted by molar-refractivity contribution is -0.141. The van der Waals surface area contributed by atoms with E-state index in [9.17, 15) is 28.0 Å². The van der Waals surface area contributed by atoms with Crippen LogP contribution < -0.4 is 11.1 Å². The van der Waals surface area contributed by atoms with Crippen molar-refractivity contribution in [2.45, 2.75) is 58.4 Å². The zero-order valence-electron chi connectivity index (χ0n) is 20.9. The van der Waals surface area contributed by atoms with Gasteiger partial charge in [0.15, 0.2) is 5.78 Å². The minimum Gasteiger partial charge on any atom is -0.481 e. The normalized spacial score (nSPS) is 22.4. The number of carbonyl (C=O) groups excluding carboxylic acids is 3. The Morgan fingerprint density at radius 2 is 1.72 bits per heavy atom. The highest BCUT2D eigenvalue weighted by atomic mass is 19.3. The minimum atomic E-state index is -3.64. The summed E-state index contributed by atoms with van der Waals surface area (Å²) in [4.78, 5) is 50.0. The topological polar surface area (TPSA) is 139 Å². The number of allylic oxidation sites excluding steroid dienone is 5. The van der Waals surface area contributed by atoms with E-state index < -0.39 is 41.5 Å². The summed E-state index contributed by atoms with van der Waals surface area (Å²) in [7, 11) is 1.65. The first-order valence-electron chi connectivity index (χ1n) is 11.6. The van der Waals surface area contributed by atoms with Gasteiger partial charge in [-0.2, -0.15) is 0 Å². The number of rotatable bonds is 10. The molecule has 2 fully saturated rings. The van der Waals surface area contributed by atoms with Crippen molar-refractivity contribution in [3.63, 3.8) is 0 Å². The van der Waals surface area contributed by atoms with E-state index in [1.165, 1.54) is 37.8 Å². The van der Waals surface area contributed by atoms with Crippen LogP contribution in [-0.4, -0.2) is 59.4 Å². The molecular weight excluding hydrogens is 476 g/mol. The van der Waals surface area contributed by atoms with Gasteiger partial charge in [0, 0.05) is 24.5 Å². The third-order valence-electron chi connectivity index (χ3n) is 6.43. The number of Topliss-reactive ketones (excluding diaryl/α,β-unsaturated/α-hetero) is 1. The van der Waals surface area contributed by atoms with Gasteiger partial charge in [0.1, 0.15) is 18.4 Å². The molecule has 2 unspecified atom stereocenters. The number of carboxylic acid groups (broad SMARTS) is 1. The fourth-order valence-corrected chi connectivity index (χ4v) is 4.02. The number of aliphatic carboxylic acids is 1. The molecule has 0 saturated heterocycles. The van der Waals surface area contributed by atoms with Gasteiger partial charge in [-0.25, -0.2) is 13.6 Å². The lowest BCUT2D eigenvalue weighted by Gasteiger charge is -2.23. The SMILES string of the molecule is C=C(C)/C(=C\C=C(/C)C(=O)/C(COC(=O)N(C)C1CCCC1)=C(/C)N)NC(=O)C1C(C(=O)O)C1(F)F. The maximum atomic E-state index is 13.7. The van der Waals surface area contributed by atoms with Crippen LogP contribution in [0.15, 0.2) is 46.8 Å². The second-order valence-corrected chi connectivity index (χ2v) is 9.26. The molecule has 0 aromatic carbocycles. The molecule has 0 heterocycles. The third-order valence-corrected chi connectivity index (χ3v) is 6.43. The van der Waals surface area contributed by atoms with Crippen LogP contribution in [0.1, 0.15) is 46.5 Å². The van der Waals surface area contributed by atoms with E-state index in [2.05, 4.69) is 11.9 Å². The number of alkyl halides is 2. The van der Waals surface area contributed by atoms with Crippen LogP contribution in [0.5, 0.6) is 0 Å². The minimum absolute atomic E-state index is 0.0404. The summed E-state index contributed by atoms with van der Waals surface area (Å²) in [6.07, 6.45) is 5.96. The Morgan fingerprint density at radius 1 is 1.14 bits per heavy atom. The highest BCUT2D eigenvalue weighted by molar-refractivity contribution is 6.08. The zero-order chi connectivity index (χ0) is 27.4. The maximum absolute atomic E-state index is 13.7. The Balaban J connectivity index is 2.09. The zero-order valence-corrected chi connectivity index (χ0v) is 20.9. The Labute approximate surface area is 208 Å². The van der Waals surface area contributed by atoms with Gasteiger partial charge in [0.25, 0.3) is 5.92 Å². The predicted molar refractivity (Wildman–Crippen MR) is 128 cm³/mol. The molecule has 11 heteroatoms. The van der Waals surface area contributed by atoms with E-state index in [0.29, 0.717) is 5.57 Å². The molecule has 9 nitrogen and oxygen atoms in total. The lowest BCUT2D eigenvalue weighted by Crippen LogP contribution is -2.36. The standard InChI is InChI=1S/C25H33F2N3O6/c1-13(2)18(29-22(32)19-20(23(33)34)25(19,26)27)11-10-14(3)21(31)17(15(4)28)12-36-24(35)30(5)16-8-6-7-9-16/h10-11,16,19-20H,1,6-9,12,28H2,2-5H3,(H,29,32)(H,33,34)/b14-10+,17-15-,18-11+. The number of carbonyl (C=O) groups is 4. The van der Waals surface area contributed by atoms with E-state index in [0.717, 1.165) is 25.7 Å². The smallest absolute Gasteiger partial charge is 0.410 e. The van der Waals surface area contributed by atoms with Gasteiger partial charge in [-0.3, -0.25) is 14.4 Å². The summed E-state index contributed by atoms with van der Waals surface area (Å²) in [5, 5.41) is 11.1. The lowest BCUT2D eigenvalue weighted by atomic mass is 10.0. The number of carboxylic acids is 1. The molecule has 0 bridgehead atoms.